The van der Waals surface area contributed by atoms with E-state index in [0.29, 0.717) is 25.2 Å². The Morgan fingerprint density at radius 2 is 1.94 bits per heavy atom. The molecule has 0 amide bonds. The molecule has 1 fully saturated rings. The molecule has 5 heteroatoms. The van der Waals surface area contributed by atoms with E-state index in [2.05, 4.69) is 19.2 Å². The van der Waals surface area contributed by atoms with Crippen LogP contribution in [0, 0.1) is 0 Å². The standard InChI is InChI=1S/C12H26N2O2S/c1-4-5-6-11(2)13-12-7-9-14(10-8-12)17(3,15)16/h11-13H,4-10H2,1-3H3. The molecule has 1 heterocycles. The predicted molar refractivity (Wildman–Crippen MR) is 71.6 cm³/mol. The van der Waals surface area contributed by atoms with Crippen molar-refractivity contribution in [3.05, 3.63) is 0 Å². The van der Waals surface area contributed by atoms with Gasteiger partial charge in [0.05, 0.1) is 6.26 Å². The zero-order valence-corrected chi connectivity index (χ0v) is 12.1. The van der Waals surface area contributed by atoms with Crippen LogP contribution in [0.4, 0.5) is 0 Å². The number of piperidine rings is 1. The van der Waals surface area contributed by atoms with Crippen LogP contribution in [-0.4, -0.2) is 44.2 Å². The van der Waals surface area contributed by atoms with Gasteiger partial charge in [0.15, 0.2) is 0 Å². The molecule has 0 saturated carbocycles. The summed E-state index contributed by atoms with van der Waals surface area (Å²) < 4.78 is 24.3. The van der Waals surface area contributed by atoms with Gasteiger partial charge in [0, 0.05) is 25.2 Å². The maximum absolute atomic E-state index is 11.4. The molecule has 0 spiro atoms. The zero-order valence-electron chi connectivity index (χ0n) is 11.3. The Morgan fingerprint density at radius 3 is 2.41 bits per heavy atom. The van der Waals surface area contributed by atoms with Crippen LogP contribution < -0.4 is 5.32 Å². The maximum Gasteiger partial charge on any atom is 0.211 e. The van der Waals surface area contributed by atoms with Crippen LogP contribution in [-0.2, 0) is 10.0 Å². The summed E-state index contributed by atoms with van der Waals surface area (Å²) in [4.78, 5) is 0. The van der Waals surface area contributed by atoms with E-state index in [0.717, 1.165) is 12.8 Å². The summed E-state index contributed by atoms with van der Waals surface area (Å²) in [5.74, 6) is 0. The highest BCUT2D eigenvalue weighted by atomic mass is 32.2. The first kappa shape index (κ1) is 14.9. The summed E-state index contributed by atoms with van der Waals surface area (Å²) in [5, 5.41) is 3.60. The Balaban J connectivity index is 2.28. The normalized spacial score (nSPS) is 21.6. The molecule has 0 aromatic heterocycles. The Bertz CT molecular complexity index is 308. The summed E-state index contributed by atoms with van der Waals surface area (Å²) in [5.41, 5.74) is 0. The lowest BCUT2D eigenvalue weighted by atomic mass is 10.0. The number of nitrogens with one attached hydrogen (secondary N) is 1. The van der Waals surface area contributed by atoms with Crippen LogP contribution >= 0.6 is 0 Å². The smallest absolute Gasteiger partial charge is 0.211 e. The molecule has 1 aliphatic rings. The van der Waals surface area contributed by atoms with Gasteiger partial charge in [0.1, 0.15) is 0 Å². The van der Waals surface area contributed by atoms with Gasteiger partial charge in [-0.3, -0.25) is 0 Å². The Morgan fingerprint density at radius 1 is 1.35 bits per heavy atom. The lowest BCUT2D eigenvalue weighted by molar-refractivity contribution is 0.273. The number of sulfonamides is 1. The van der Waals surface area contributed by atoms with Crippen molar-refractivity contribution in [2.24, 2.45) is 0 Å². The molecule has 17 heavy (non-hydrogen) atoms. The highest BCUT2D eigenvalue weighted by molar-refractivity contribution is 7.88. The Kier molecular flexibility index (Phi) is 5.89. The fraction of sp³-hybridized carbons (Fsp3) is 1.00. The van der Waals surface area contributed by atoms with Crippen LogP contribution in [0.25, 0.3) is 0 Å². The predicted octanol–water partition coefficient (Wildman–Crippen LogP) is 1.58. The summed E-state index contributed by atoms with van der Waals surface area (Å²) in [6, 6.07) is 1.03. The Hall–Kier alpha value is -0.130. The van der Waals surface area contributed by atoms with Gasteiger partial charge in [-0.05, 0) is 26.2 Å². The largest absolute Gasteiger partial charge is 0.311 e. The molecule has 1 saturated heterocycles. The van der Waals surface area contributed by atoms with E-state index in [1.165, 1.54) is 25.5 Å². The quantitative estimate of drug-likeness (QED) is 0.790. The lowest BCUT2D eigenvalue weighted by Gasteiger charge is -2.32. The van der Waals surface area contributed by atoms with E-state index in [-0.39, 0.29) is 0 Å². The van der Waals surface area contributed by atoms with Crippen molar-refractivity contribution in [3.63, 3.8) is 0 Å². The van der Waals surface area contributed by atoms with Gasteiger partial charge >= 0.3 is 0 Å². The second kappa shape index (κ2) is 6.71. The van der Waals surface area contributed by atoms with E-state index < -0.39 is 10.0 Å². The van der Waals surface area contributed by atoms with Crippen molar-refractivity contribution in [2.45, 2.75) is 58.0 Å². The Labute approximate surface area is 106 Å². The first-order chi connectivity index (χ1) is 7.93. The molecule has 1 unspecified atom stereocenters. The molecule has 0 radical (unpaired) electrons. The minimum atomic E-state index is -2.99. The van der Waals surface area contributed by atoms with Gasteiger partial charge in [-0.2, -0.15) is 0 Å². The fourth-order valence-electron chi connectivity index (χ4n) is 2.35. The van der Waals surface area contributed by atoms with Gasteiger partial charge in [-0.25, -0.2) is 12.7 Å². The first-order valence-electron chi connectivity index (χ1n) is 6.64. The molecule has 0 aliphatic carbocycles. The van der Waals surface area contributed by atoms with E-state index in [1.807, 2.05) is 0 Å². The maximum atomic E-state index is 11.4. The molecule has 4 nitrogen and oxygen atoms in total. The molecule has 1 atom stereocenters. The summed E-state index contributed by atoms with van der Waals surface area (Å²) >= 11 is 0. The molecule has 1 aliphatic heterocycles. The number of nitrogens with zero attached hydrogens (tertiary/aromatic N) is 1. The van der Waals surface area contributed by atoms with E-state index in [1.54, 1.807) is 4.31 Å². The van der Waals surface area contributed by atoms with Crippen molar-refractivity contribution < 1.29 is 8.42 Å². The van der Waals surface area contributed by atoms with E-state index >= 15 is 0 Å². The van der Waals surface area contributed by atoms with Gasteiger partial charge in [-0.1, -0.05) is 19.8 Å². The number of unbranched alkanes of at least 4 members (excludes halogenated alkanes) is 1. The average molecular weight is 262 g/mol. The van der Waals surface area contributed by atoms with Crippen molar-refractivity contribution in [3.8, 4) is 0 Å². The molecule has 0 aromatic carbocycles. The average Bonchev–Trinajstić information content (AvgIpc) is 2.26. The lowest BCUT2D eigenvalue weighted by Crippen LogP contribution is -2.46. The van der Waals surface area contributed by atoms with Gasteiger partial charge in [0.2, 0.25) is 10.0 Å². The number of hydrogen-bond acceptors (Lipinski definition) is 3. The second-order valence-electron chi connectivity index (χ2n) is 5.15. The van der Waals surface area contributed by atoms with E-state index in [4.69, 9.17) is 0 Å². The van der Waals surface area contributed by atoms with Crippen LogP contribution in [0.3, 0.4) is 0 Å². The monoisotopic (exact) mass is 262 g/mol. The van der Waals surface area contributed by atoms with Crippen molar-refractivity contribution >= 4 is 10.0 Å². The van der Waals surface area contributed by atoms with Crippen molar-refractivity contribution in [2.75, 3.05) is 19.3 Å². The molecule has 0 aromatic rings. The number of hydrogen-bond donors (Lipinski definition) is 1. The molecular weight excluding hydrogens is 236 g/mol. The SMILES string of the molecule is CCCCC(C)NC1CCN(S(C)(=O)=O)CC1. The van der Waals surface area contributed by atoms with Crippen LogP contribution in [0.2, 0.25) is 0 Å². The third kappa shape index (κ3) is 5.36. The van der Waals surface area contributed by atoms with E-state index in [9.17, 15) is 8.42 Å². The first-order valence-corrected chi connectivity index (χ1v) is 8.49. The molecule has 1 rings (SSSR count). The third-order valence-corrected chi connectivity index (χ3v) is 4.74. The minimum Gasteiger partial charge on any atom is -0.311 e. The third-order valence-electron chi connectivity index (χ3n) is 3.43. The van der Waals surface area contributed by atoms with Gasteiger partial charge in [-0.15, -0.1) is 0 Å². The second-order valence-corrected chi connectivity index (χ2v) is 7.13. The summed E-state index contributed by atoms with van der Waals surface area (Å²) in [6.45, 7) is 5.75. The number of rotatable bonds is 6. The zero-order chi connectivity index (χ0) is 12.9. The van der Waals surface area contributed by atoms with Crippen LogP contribution in [0.5, 0.6) is 0 Å². The van der Waals surface area contributed by atoms with Crippen molar-refractivity contribution in [1.29, 1.82) is 0 Å². The molecule has 1 N–H and O–H groups in total. The highest BCUT2D eigenvalue weighted by Gasteiger charge is 2.25. The summed E-state index contributed by atoms with van der Waals surface area (Å²) in [7, 11) is -2.99. The minimum absolute atomic E-state index is 0.486. The molecule has 102 valence electrons. The van der Waals surface area contributed by atoms with Crippen LogP contribution in [0.15, 0.2) is 0 Å². The van der Waals surface area contributed by atoms with Crippen molar-refractivity contribution in [1.82, 2.24) is 9.62 Å². The topological polar surface area (TPSA) is 49.4 Å². The summed E-state index contributed by atoms with van der Waals surface area (Å²) in [6.07, 6.45) is 6.87. The van der Waals surface area contributed by atoms with Gasteiger partial charge in [0.25, 0.3) is 0 Å². The van der Waals surface area contributed by atoms with Gasteiger partial charge < -0.3 is 5.32 Å². The molecular formula is C12H26N2O2S. The fourth-order valence-corrected chi connectivity index (χ4v) is 3.22. The van der Waals surface area contributed by atoms with Crippen LogP contribution in [0.1, 0.15) is 46.0 Å². The highest BCUT2D eigenvalue weighted by Crippen LogP contribution is 2.14. The molecule has 0 bridgehead atoms.